The summed E-state index contributed by atoms with van der Waals surface area (Å²) in [6.07, 6.45) is -1.29. The van der Waals surface area contributed by atoms with E-state index in [0.717, 1.165) is 6.20 Å². The first-order valence-corrected chi connectivity index (χ1v) is 10.5. The van der Waals surface area contributed by atoms with Gasteiger partial charge in [0.15, 0.2) is 6.61 Å². The van der Waals surface area contributed by atoms with Crippen LogP contribution < -0.4 is 10.1 Å². The number of aromatic nitrogens is 2. The number of halogens is 4. The molecule has 1 unspecified atom stereocenters. The zero-order valence-corrected chi connectivity index (χ0v) is 18.5. The van der Waals surface area contributed by atoms with E-state index in [9.17, 15) is 27.2 Å². The molecule has 0 spiro atoms. The van der Waals surface area contributed by atoms with E-state index in [4.69, 9.17) is 9.84 Å². The molecule has 1 atom stereocenters. The van der Waals surface area contributed by atoms with Crippen molar-refractivity contribution in [2.45, 2.75) is 45.2 Å². The fourth-order valence-electron chi connectivity index (χ4n) is 3.53. The summed E-state index contributed by atoms with van der Waals surface area (Å²) < 4.78 is 55.8. The van der Waals surface area contributed by atoms with Crippen LogP contribution >= 0.6 is 0 Å². The molecule has 1 aliphatic rings. The lowest BCUT2D eigenvalue weighted by molar-refractivity contribution is -0.148. The number of pyridine rings is 2. The molecular weight excluding hydrogens is 460 g/mol. The van der Waals surface area contributed by atoms with Gasteiger partial charge in [-0.3, -0.25) is 19.6 Å². The van der Waals surface area contributed by atoms with Crippen molar-refractivity contribution in [3.63, 3.8) is 0 Å². The summed E-state index contributed by atoms with van der Waals surface area (Å²) in [5.74, 6) is -4.96. The van der Waals surface area contributed by atoms with Gasteiger partial charge in [0.05, 0.1) is 36.7 Å². The Morgan fingerprint density at radius 3 is 2.74 bits per heavy atom. The molecule has 0 aromatic carbocycles. The number of aliphatic hydroxyl groups is 1. The first-order valence-electron chi connectivity index (χ1n) is 10.5. The van der Waals surface area contributed by atoms with Crippen LogP contribution in [0.15, 0.2) is 24.5 Å². The van der Waals surface area contributed by atoms with Gasteiger partial charge in [-0.05, 0) is 31.5 Å². The fourth-order valence-corrected chi connectivity index (χ4v) is 3.53. The van der Waals surface area contributed by atoms with E-state index < -0.39 is 25.0 Å². The Morgan fingerprint density at radius 2 is 2.09 bits per heavy atom. The molecule has 0 aliphatic carbocycles. The van der Waals surface area contributed by atoms with Crippen molar-refractivity contribution >= 4 is 11.8 Å². The van der Waals surface area contributed by atoms with Crippen LogP contribution in [0, 0.1) is 6.92 Å². The van der Waals surface area contributed by atoms with Crippen molar-refractivity contribution in [1.82, 2.24) is 20.2 Å². The number of aryl methyl sites for hydroxylation is 1. The summed E-state index contributed by atoms with van der Waals surface area (Å²) in [6.45, 7) is 1.91. The minimum absolute atomic E-state index is 0.0503. The third kappa shape index (κ3) is 5.44. The van der Waals surface area contributed by atoms with Gasteiger partial charge in [0, 0.05) is 30.4 Å². The molecule has 0 saturated heterocycles. The Bertz CT molecular complexity index is 1070. The van der Waals surface area contributed by atoms with Crippen LogP contribution in [0.5, 0.6) is 5.75 Å². The number of rotatable bonds is 10. The van der Waals surface area contributed by atoms with Crippen molar-refractivity contribution < 1.29 is 37.0 Å². The van der Waals surface area contributed by atoms with Gasteiger partial charge < -0.3 is 20.1 Å². The standard InChI is InChI=1S/C22H24F4N4O4/c1-12-7-16(29-9-18(12)34-11-22(25,26)21(23)24)13(2)30-10-15-14(20(30)33)3-4-27-17(15)8-19(32)28-5-6-31/h3-4,7,9,13,21,31H,5-6,8,10-11H2,1-2H3,(H,28,32). The van der Waals surface area contributed by atoms with Gasteiger partial charge in [-0.2, -0.15) is 8.78 Å². The van der Waals surface area contributed by atoms with Crippen LogP contribution in [0.3, 0.4) is 0 Å². The summed E-state index contributed by atoms with van der Waals surface area (Å²) in [7, 11) is 0. The molecule has 3 rings (SSSR count). The second-order valence-electron chi connectivity index (χ2n) is 7.87. The van der Waals surface area contributed by atoms with Gasteiger partial charge in [-0.25, -0.2) is 8.78 Å². The normalized spacial score (nSPS) is 14.4. The average Bonchev–Trinajstić information content (AvgIpc) is 3.13. The predicted octanol–water partition coefficient (Wildman–Crippen LogP) is 2.43. The number of hydrogen-bond acceptors (Lipinski definition) is 6. The number of fused-ring (bicyclic) bond motifs is 1. The van der Waals surface area contributed by atoms with Gasteiger partial charge in [-0.15, -0.1) is 0 Å². The third-order valence-electron chi connectivity index (χ3n) is 5.45. The number of alkyl halides is 4. The van der Waals surface area contributed by atoms with E-state index in [0.29, 0.717) is 28.1 Å². The molecule has 3 heterocycles. The smallest absolute Gasteiger partial charge is 0.340 e. The maximum Gasteiger partial charge on any atom is 0.340 e. The van der Waals surface area contributed by atoms with Gasteiger partial charge in [0.1, 0.15) is 5.75 Å². The fraction of sp³-hybridized carbons (Fsp3) is 0.455. The largest absolute Gasteiger partial charge is 0.485 e. The number of carbonyl (C=O) groups excluding carboxylic acids is 2. The zero-order chi connectivity index (χ0) is 25.0. The van der Waals surface area contributed by atoms with Crippen molar-refractivity contribution in [3.8, 4) is 5.75 Å². The van der Waals surface area contributed by atoms with E-state index in [-0.39, 0.29) is 43.7 Å². The molecule has 2 N–H and O–H groups in total. The summed E-state index contributed by atoms with van der Waals surface area (Å²) in [6, 6.07) is 2.59. The topological polar surface area (TPSA) is 105 Å². The van der Waals surface area contributed by atoms with Crippen molar-refractivity contribution in [3.05, 3.63) is 52.6 Å². The molecule has 12 heteroatoms. The molecule has 1 aliphatic heterocycles. The number of nitrogens with one attached hydrogen (secondary N) is 1. The number of hydrogen-bond donors (Lipinski definition) is 2. The minimum atomic E-state index is -4.28. The van der Waals surface area contributed by atoms with E-state index in [1.165, 1.54) is 17.2 Å². The highest BCUT2D eigenvalue weighted by atomic mass is 19.3. The second-order valence-corrected chi connectivity index (χ2v) is 7.87. The van der Waals surface area contributed by atoms with Crippen molar-refractivity contribution in [2.24, 2.45) is 0 Å². The van der Waals surface area contributed by atoms with E-state index in [2.05, 4.69) is 15.3 Å². The number of nitrogens with zero attached hydrogens (tertiary/aromatic N) is 3. The second kappa shape index (κ2) is 10.3. The molecule has 2 aromatic rings. The van der Waals surface area contributed by atoms with Crippen molar-refractivity contribution in [1.29, 1.82) is 0 Å². The summed E-state index contributed by atoms with van der Waals surface area (Å²) in [4.78, 5) is 35.0. The Kier molecular flexibility index (Phi) is 7.70. The number of ether oxygens (including phenoxy) is 1. The lowest BCUT2D eigenvalue weighted by Crippen LogP contribution is -2.34. The quantitative estimate of drug-likeness (QED) is 0.502. The van der Waals surface area contributed by atoms with Gasteiger partial charge >= 0.3 is 12.3 Å². The molecule has 8 nitrogen and oxygen atoms in total. The molecule has 0 bridgehead atoms. The summed E-state index contributed by atoms with van der Waals surface area (Å²) >= 11 is 0. The van der Waals surface area contributed by atoms with Gasteiger partial charge in [-0.1, -0.05) is 0 Å². The van der Waals surface area contributed by atoms with Gasteiger partial charge in [0.2, 0.25) is 5.91 Å². The van der Waals surface area contributed by atoms with Gasteiger partial charge in [0.25, 0.3) is 5.91 Å². The molecular formula is C22H24F4N4O4. The highest BCUT2D eigenvalue weighted by molar-refractivity contribution is 5.99. The first kappa shape index (κ1) is 25.3. The molecule has 34 heavy (non-hydrogen) atoms. The Hall–Kier alpha value is -3.28. The summed E-state index contributed by atoms with van der Waals surface area (Å²) in [5.41, 5.74) is 2.32. The van der Waals surface area contributed by atoms with Crippen LogP contribution in [0.2, 0.25) is 0 Å². The monoisotopic (exact) mass is 484 g/mol. The van der Waals surface area contributed by atoms with Crippen LogP contribution in [0.1, 0.15) is 45.8 Å². The molecule has 2 amide bonds. The number of carbonyl (C=O) groups is 2. The lowest BCUT2D eigenvalue weighted by Gasteiger charge is -2.24. The van der Waals surface area contributed by atoms with Crippen molar-refractivity contribution in [2.75, 3.05) is 19.8 Å². The van der Waals surface area contributed by atoms with Crippen LogP contribution in [-0.4, -0.2) is 63.9 Å². The molecule has 2 aromatic heterocycles. The highest BCUT2D eigenvalue weighted by Crippen LogP contribution is 2.33. The van der Waals surface area contributed by atoms with Crippen LogP contribution in [0.4, 0.5) is 17.6 Å². The maximum atomic E-state index is 13.1. The molecule has 184 valence electrons. The van der Waals surface area contributed by atoms with Crippen LogP contribution in [0.25, 0.3) is 0 Å². The Morgan fingerprint density at radius 1 is 1.35 bits per heavy atom. The van der Waals surface area contributed by atoms with E-state index >= 15 is 0 Å². The minimum Gasteiger partial charge on any atom is -0.485 e. The number of aliphatic hydroxyl groups excluding tert-OH is 1. The average molecular weight is 484 g/mol. The third-order valence-corrected chi connectivity index (χ3v) is 5.45. The first-order chi connectivity index (χ1) is 16.0. The number of amides is 2. The zero-order valence-electron chi connectivity index (χ0n) is 18.5. The Balaban J connectivity index is 1.74. The van der Waals surface area contributed by atoms with E-state index in [1.54, 1.807) is 19.9 Å². The van der Waals surface area contributed by atoms with E-state index in [1.807, 2.05) is 0 Å². The highest BCUT2D eigenvalue weighted by Gasteiger charge is 2.42. The predicted molar refractivity (Wildman–Crippen MR) is 112 cm³/mol. The molecule has 0 saturated carbocycles. The Labute approximate surface area is 193 Å². The summed E-state index contributed by atoms with van der Waals surface area (Å²) in [5, 5.41) is 11.4. The lowest BCUT2D eigenvalue weighted by atomic mass is 10.1. The van der Waals surface area contributed by atoms with Crippen LogP contribution in [-0.2, 0) is 17.8 Å². The SMILES string of the molecule is Cc1cc(C(C)N2Cc3c(ccnc3CC(=O)NCCO)C2=O)ncc1OCC(F)(F)C(F)F. The molecule has 0 fully saturated rings. The molecule has 0 radical (unpaired) electrons. The maximum absolute atomic E-state index is 13.1.